The molecule has 1 saturated heterocycles. The van der Waals surface area contributed by atoms with Crippen molar-refractivity contribution in [3.8, 4) is 0 Å². The molecule has 20 heavy (non-hydrogen) atoms. The zero-order valence-electron chi connectivity index (χ0n) is 10.7. The molecule has 108 valence electrons. The van der Waals surface area contributed by atoms with E-state index in [-0.39, 0.29) is 12.5 Å². The average Bonchev–Trinajstić information content (AvgIpc) is 2.37. The lowest BCUT2D eigenvalue weighted by molar-refractivity contribution is -0.138. The maximum Gasteiger partial charge on any atom is 0.317 e. The number of amides is 1. The van der Waals surface area contributed by atoms with Crippen molar-refractivity contribution in [2.45, 2.75) is 0 Å². The molecule has 5 nitrogen and oxygen atoms in total. The van der Waals surface area contributed by atoms with Gasteiger partial charge in [0.1, 0.15) is 0 Å². The van der Waals surface area contributed by atoms with E-state index in [2.05, 4.69) is 15.9 Å². The molecule has 0 bridgehead atoms. The Bertz CT molecular complexity index is 510. The van der Waals surface area contributed by atoms with E-state index in [0.29, 0.717) is 36.8 Å². The van der Waals surface area contributed by atoms with Crippen LogP contribution < -0.4 is 0 Å². The summed E-state index contributed by atoms with van der Waals surface area (Å²) < 4.78 is 0.762. The fraction of sp³-hybridized carbons (Fsp3) is 0.385. The van der Waals surface area contributed by atoms with Gasteiger partial charge in [0.05, 0.1) is 6.54 Å². The maximum atomic E-state index is 12.3. The van der Waals surface area contributed by atoms with E-state index in [9.17, 15) is 9.59 Å². The van der Waals surface area contributed by atoms with Crippen molar-refractivity contribution < 1.29 is 14.7 Å². The normalized spacial score (nSPS) is 16.2. The van der Waals surface area contributed by atoms with Gasteiger partial charge >= 0.3 is 5.97 Å². The van der Waals surface area contributed by atoms with E-state index >= 15 is 0 Å². The van der Waals surface area contributed by atoms with E-state index in [4.69, 9.17) is 16.7 Å². The van der Waals surface area contributed by atoms with Crippen molar-refractivity contribution in [1.29, 1.82) is 0 Å². The van der Waals surface area contributed by atoms with Gasteiger partial charge in [-0.15, -0.1) is 0 Å². The molecule has 0 atom stereocenters. The smallest absolute Gasteiger partial charge is 0.317 e. The molecule has 1 aliphatic heterocycles. The number of halogens is 2. The van der Waals surface area contributed by atoms with Crippen LogP contribution in [0.2, 0.25) is 5.02 Å². The Morgan fingerprint density at radius 1 is 1.20 bits per heavy atom. The van der Waals surface area contributed by atoms with Crippen molar-refractivity contribution in [3.63, 3.8) is 0 Å². The van der Waals surface area contributed by atoms with Gasteiger partial charge < -0.3 is 10.0 Å². The first-order chi connectivity index (χ1) is 9.45. The van der Waals surface area contributed by atoms with Crippen LogP contribution in [-0.2, 0) is 4.79 Å². The third-order valence-electron chi connectivity index (χ3n) is 3.13. The fourth-order valence-corrected chi connectivity index (χ4v) is 3.02. The van der Waals surface area contributed by atoms with Gasteiger partial charge in [0.15, 0.2) is 0 Å². The molecule has 1 aliphatic rings. The quantitative estimate of drug-likeness (QED) is 0.894. The van der Waals surface area contributed by atoms with Gasteiger partial charge in [-0.1, -0.05) is 27.5 Å². The number of piperazine rings is 1. The predicted molar refractivity (Wildman–Crippen MR) is 79.1 cm³/mol. The molecule has 0 aliphatic carbocycles. The van der Waals surface area contributed by atoms with Crippen LogP contribution in [-0.4, -0.2) is 59.5 Å². The lowest BCUT2D eigenvalue weighted by Gasteiger charge is -2.33. The summed E-state index contributed by atoms with van der Waals surface area (Å²) in [5, 5.41) is 9.24. The van der Waals surface area contributed by atoms with E-state index < -0.39 is 5.97 Å². The highest BCUT2D eigenvalue weighted by Gasteiger charge is 2.23. The van der Waals surface area contributed by atoms with Crippen molar-refractivity contribution in [1.82, 2.24) is 9.80 Å². The van der Waals surface area contributed by atoms with Crippen LogP contribution in [0.3, 0.4) is 0 Å². The summed E-state index contributed by atoms with van der Waals surface area (Å²) in [7, 11) is 0. The SMILES string of the molecule is O=C(O)CN1CCN(C(=O)c2cc(Cl)cc(Br)c2)CC1. The molecule has 1 N–H and O–H groups in total. The van der Waals surface area contributed by atoms with Gasteiger partial charge in [-0.3, -0.25) is 14.5 Å². The molecule has 1 aromatic carbocycles. The van der Waals surface area contributed by atoms with E-state index in [1.165, 1.54) is 0 Å². The Kier molecular flexibility index (Phi) is 5.01. The number of carboxylic acids is 1. The summed E-state index contributed by atoms with van der Waals surface area (Å²) in [5.74, 6) is -0.924. The van der Waals surface area contributed by atoms with Crippen LogP contribution >= 0.6 is 27.5 Å². The molecule has 0 aromatic heterocycles. The van der Waals surface area contributed by atoms with Gasteiger partial charge in [-0.2, -0.15) is 0 Å². The van der Waals surface area contributed by atoms with Crippen LogP contribution in [0.1, 0.15) is 10.4 Å². The van der Waals surface area contributed by atoms with Crippen molar-refractivity contribution in [2.75, 3.05) is 32.7 Å². The molecule has 7 heteroatoms. The number of hydrogen-bond donors (Lipinski definition) is 1. The monoisotopic (exact) mass is 360 g/mol. The van der Waals surface area contributed by atoms with E-state index in [1.807, 2.05) is 4.90 Å². The summed E-state index contributed by atoms with van der Waals surface area (Å²) in [6.45, 7) is 2.21. The molecule has 0 spiro atoms. The zero-order chi connectivity index (χ0) is 14.7. The number of benzene rings is 1. The first kappa shape index (κ1) is 15.3. The van der Waals surface area contributed by atoms with Crippen molar-refractivity contribution in [3.05, 3.63) is 33.3 Å². The molecule has 1 amide bonds. The Morgan fingerprint density at radius 2 is 1.85 bits per heavy atom. The third kappa shape index (κ3) is 3.94. The van der Waals surface area contributed by atoms with E-state index in [1.54, 1.807) is 23.1 Å². The number of carbonyl (C=O) groups is 2. The number of carbonyl (C=O) groups excluding carboxylic acids is 1. The second-order valence-electron chi connectivity index (χ2n) is 4.62. The van der Waals surface area contributed by atoms with Gasteiger partial charge in [0.25, 0.3) is 5.91 Å². The molecule has 1 fully saturated rings. The third-order valence-corrected chi connectivity index (χ3v) is 3.80. The number of nitrogens with zero attached hydrogens (tertiary/aromatic N) is 2. The van der Waals surface area contributed by atoms with Gasteiger partial charge in [-0.25, -0.2) is 0 Å². The Morgan fingerprint density at radius 3 is 2.40 bits per heavy atom. The number of carboxylic acid groups (broad SMARTS) is 1. The molecular weight excluding hydrogens is 348 g/mol. The second kappa shape index (κ2) is 6.56. The number of aliphatic carboxylic acids is 1. The van der Waals surface area contributed by atoms with Crippen LogP contribution in [0.25, 0.3) is 0 Å². The highest BCUT2D eigenvalue weighted by Crippen LogP contribution is 2.21. The first-order valence-corrected chi connectivity index (χ1v) is 7.32. The molecule has 2 rings (SSSR count). The summed E-state index contributed by atoms with van der Waals surface area (Å²) in [5.41, 5.74) is 0.538. The van der Waals surface area contributed by atoms with Crippen LogP contribution in [0, 0.1) is 0 Å². The minimum Gasteiger partial charge on any atom is -0.480 e. The summed E-state index contributed by atoms with van der Waals surface area (Å²) in [6, 6.07) is 5.10. The standard InChI is InChI=1S/C13H14BrClN2O3/c14-10-5-9(6-11(15)7-10)13(20)17-3-1-16(2-4-17)8-12(18)19/h5-7H,1-4,8H2,(H,18,19). The molecule has 0 radical (unpaired) electrons. The van der Waals surface area contributed by atoms with E-state index in [0.717, 1.165) is 4.47 Å². The van der Waals surface area contributed by atoms with Crippen LogP contribution in [0.15, 0.2) is 22.7 Å². The fourth-order valence-electron chi connectivity index (χ4n) is 2.16. The number of hydrogen-bond acceptors (Lipinski definition) is 3. The highest BCUT2D eigenvalue weighted by atomic mass is 79.9. The number of rotatable bonds is 3. The molecular formula is C13H14BrClN2O3. The Labute approximate surface area is 130 Å². The Hall–Kier alpha value is -1.11. The molecule has 0 unspecified atom stereocenters. The minimum atomic E-state index is -0.844. The van der Waals surface area contributed by atoms with Crippen molar-refractivity contribution >= 4 is 39.4 Å². The van der Waals surface area contributed by atoms with Crippen LogP contribution in [0.4, 0.5) is 0 Å². The summed E-state index contributed by atoms with van der Waals surface area (Å²) in [4.78, 5) is 26.5. The van der Waals surface area contributed by atoms with Gasteiger partial charge in [0.2, 0.25) is 0 Å². The zero-order valence-corrected chi connectivity index (χ0v) is 13.0. The lowest BCUT2D eigenvalue weighted by atomic mass is 10.2. The Balaban J connectivity index is 1.99. The average molecular weight is 362 g/mol. The topological polar surface area (TPSA) is 60.9 Å². The summed E-state index contributed by atoms with van der Waals surface area (Å²) in [6.07, 6.45) is 0. The molecule has 1 aromatic rings. The van der Waals surface area contributed by atoms with Gasteiger partial charge in [-0.05, 0) is 18.2 Å². The van der Waals surface area contributed by atoms with Crippen LogP contribution in [0.5, 0.6) is 0 Å². The maximum absolute atomic E-state index is 12.3. The van der Waals surface area contributed by atoms with Crippen molar-refractivity contribution in [2.24, 2.45) is 0 Å². The van der Waals surface area contributed by atoms with Gasteiger partial charge in [0, 0.05) is 41.2 Å². The predicted octanol–water partition coefficient (Wildman–Crippen LogP) is 1.94. The minimum absolute atomic E-state index is 0.0186. The first-order valence-electron chi connectivity index (χ1n) is 6.15. The second-order valence-corrected chi connectivity index (χ2v) is 5.97. The summed E-state index contributed by atoms with van der Waals surface area (Å²) >= 11 is 9.25. The largest absolute Gasteiger partial charge is 0.480 e. The molecule has 1 heterocycles. The lowest BCUT2D eigenvalue weighted by Crippen LogP contribution is -2.49. The highest BCUT2D eigenvalue weighted by molar-refractivity contribution is 9.10. The molecule has 0 saturated carbocycles.